The van der Waals surface area contributed by atoms with Crippen LogP contribution in [0.3, 0.4) is 0 Å². The molecule has 1 aromatic heterocycles. The van der Waals surface area contributed by atoms with Crippen molar-refractivity contribution in [3.63, 3.8) is 0 Å². The molecule has 150 valence electrons. The van der Waals surface area contributed by atoms with Crippen molar-refractivity contribution in [3.8, 4) is 0 Å². The Balaban J connectivity index is 1.70. The summed E-state index contributed by atoms with van der Waals surface area (Å²) in [4.78, 5) is 11.8. The maximum atomic E-state index is 13.3. The fourth-order valence-corrected chi connectivity index (χ4v) is 5.13. The second-order valence-electron chi connectivity index (χ2n) is 7.01. The summed E-state index contributed by atoms with van der Waals surface area (Å²) in [5.41, 5.74) is 3.37. The number of aryl methyl sites for hydroxylation is 1. The van der Waals surface area contributed by atoms with Gasteiger partial charge in [-0.1, -0.05) is 24.3 Å². The van der Waals surface area contributed by atoms with Gasteiger partial charge in [0, 0.05) is 32.3 Å². The van der Waals surface area contributed by atoms with Crippen LogP contribution in [0.5, 0.6) is 0 Å². The molecule has 3 aromatic rings. The van der Waals surface area contributed by atoms with Crippen molar-refractivity contribution in [2.75, 3.05) is 13.7 Å². The third-order valence-corrected chi connectivity index (χ3v) is 7.03. The van der Waals surface area contributed by atoms with E-state index in [0.717, 1.165) is 16.7 Å². The summed E-state index contributed by atoms with van der Waals surface area (Å²) in [6.45, 7) is 0.623. The van der Waals surface area contributed by atoms with Crippen LogP contribution in [0.15, 0.2) is 65.8 Å². The first-order valence-corrected chi connectivity index (χ1v) is 10.6. The van der Waals surface area contributed by atoms with E-state index >= 15 is 0 Å². The van der Waals surface area contributed by atoms with Gasteiger partial charge in [0.15, 0.2) is 0 Å². The lowest BCUT2D eigenvalue weighted by Crippen LogP contribution is -2.38. The van der Waals surface area contributed by atoms with Gasteiger partial charge in [-0.2, -0.15) is 9.40 Å². The van der Waals surface area contributed by atoms with Gasteiger partial charge in [-0.15, -0.1) is 0 Å². The van der Waals surface area contributed by atoms with Crippen LogP contribution in [0, 0.1) is 0 Å². The van der Waals surface area contributed by atoms with E-state index in [1.54, 1.807) is 10.9 Å². The molecule has 0 saturated heterocycles. The average molecular weight is 411 g/mol. The summed E-state index contributed by atoms with van der Waals surface area (Å²) in [6, 6.07) is 13.7. The summed E-state index contributed by atoms with van der Waals surface area (Å²) < 4.78 is 34.5. The zero-order valence-electron chi connectivity index (χ0n) is 16.1. The first-order valence-electron chi connectivity index (χ1n) is 9.15. The van der Waals surface area contributed by atoms with Crippen LogP contribution in [-0.2, 0) is 28.4 Å². The van der Waals surface area contributed by atoms with E-state index in [2.05, 4.69) is 9.84 Å². The number of fused-ring (bicyclic) bond motifs is 1. The fraction of sp³-hybridized carbons (Fsp3) is 0.238. The Hall–Kier alpha value is -2.97. The normalized spacial score (nSPS) is 17.0. The molecule has 0 fully saturated rings. The molecular formula is C21H21N3O4S. The van der Waals surface area contributed by atoms with Gasteiger partial charge < -0.3 is 4.74 Å². The highest BCUT2D eigenvalue weighted by Crippen LogP contribution is 2.35. The molecule has 8 heteroatoms. The minimum Gasteiger partial charge on any atom is -0.465 e. The highest BCUT2D eigenvalue weighted by atomic mass is 32.2. The number of aromatic nitrogens is 2. The molecule has 7 nitrogen and oxygen atoms in total. The SMILES string of the molecule is COC(=O)c1ccc(S(=O)(=O)N2Cc3ccccc3C(c3cnn(C)c3)C2)cc1. The van der Waals surface area contributed by atoms with Crippen molar-refractivity contribution in [1.29, 1.82) is 0 Å². The fourth-order valence-electron chi connectivity index (χ4n) is 3.69. The first-order chi connectivity index (χ1) is 13.9. The van der Waals surface area contributed by atoms with Crippen LogP contribution >= 0.6 is 0 Å². The van der Waals surface area contributed by atoms with E-state index in [1.807, 2.05) is 37.5 Å². The molecule has 4 rings (SSSR count). The van der Waals surface area contributed by atoms with Gasteiger partial charge in [0.05, 0.1) is 23.8 Å². The molecule has 0 bridgehead atoms. The number of esters is 1. The Morgan fingerprint density at radius 3 is 2.52 bits per heavy atom. The lowest BCUT2D eigenvalue weighted by atomic mass is 9.87. The van der Waals surface area contributed by atoms with Crippen LogP contribution in [0.4, 0.5) is 0 Å². The van der Waals surface area contributed by atoms with E-state index in [9.17, 15) is 13.2 Å². The van der Waals surface area contributed by atoms with Crippen molar-refractivity contribution >= 4 is 16.0 Å². The summed E-state index contributed by atoms with van der Waals surface area (Å²) in [7, 11) is -0.603. The zero-order chi connectivity index (χ0) is 20.6. The van der Waals surface area contributed by atoms with Crippen molar-refractivity contribution in [1.82, 2.24) is 14.1 Å². The van der Waals surface area contributed by atoms with E-state index in [0.29, 0.717) is 18.7 Å². The van der Waals surface area contributed by atoms with Gasteiger partial charge in [0.1, 0.15) is 0 Å². The van der Waals surface area contributed by atoms with E-state index in [1.165, 1.54) is 35.7 Å². The van der Waals surface area contributed by atoms with Crippen molar-refractivity contribution in [2.45, 2.75) is 17.4 Å². The molecule has 2 aromatic carbocycles. The predicted octanol–water partition coefficient (Wildman–Crippen LogP) is 2.54. The van der Waals surface area contributed by atoms with Crippen LogP contribution in [0.25, 0.3) is 0 Å². The van der Waals surface area contributed by atoms with E-state index in [4.69, 9.17) is 0 Å². The Morgan fingerprint density at radius 1 is 1.14 bits per heavy atom. The van der Waals surface area contributed by atoms with Crippen LogP contribution in [0.2, 0.25) is 0 Å². The molecule has 0 radical (unpaired) electrons. The number of hydrogen-bond donors (Lipinski definition) is 0. The molecule has 0 spiro atoms. The number of carbonyl (C=O) groups is 1. The number of methoxy groups -OCH3 is 1. The minimum absolute atomic E-state index is 0.0993. The van der Waals surface area contributed by atoms with Crippen LogP contribution in [0.1, 0.15) is 33.0 Å². The van der Waals surface area contributed by atoms with Crippen LogP contribution in [-0.4, -0.2) is 42.1 Å². The van der Waals surface area contributed by atoms with Gasteiger partial charge in [0.2, 0.25) is 10.0 Å². The predicted molar refractivity (Wildman–Crippen MR) is 107 cm³/mol. The highest BCUT2D eigenvalue weighted by Gasteiger charge is 2.34. The molecular weight excluding hydrogens is 390 g/mol. The van der Waals surface area contributed by atoms with E-state index < -0.39 is 16.0 Å². The third kappa shape index (κ3) is 3.56. The van der Waals surface area contributed by atoms with Gasteiger partial charge in [-0.25, -0.2) is 13.2 Å². The Kier molecular flexibility index (Phi) is 4.97. The Labute approximate surface area is 169 Å². The number of sulfonamides is 1. The lowest BCUT2D eigenvalue weighted by molar-refractivity contribution is 0.0600. The minimum atomic E-state index is -3.73. The Bertz CT molecular complexity index is 1150. The highest BCUT2D eigenvalue weighted by molar-refractivity contribution is 7.89. The number of hydrogen-bond acceptors (Lipinski definition) is 5. The number of nitrogens with zero attached hydrogens (tertiary/aromatic N) is 3. The molecule has 1 aliphatic heterocycles. The molecule has 29 heavy (non-hydrogen) atoms. The second kappa shape index (κ2) is 7.46. The molecule has 1 unspecified atom stereocenters. The smallest absolute Gasteiger partial charge is 0.337 e. The third-order valence-electron chi connectivity index (χ3n) is 5.20. The number of ether oxygens (including phenoxy) is 1. The monoisotopic (exact) mass is 411 g/mol. The molecule has 1 aliphatic rings. The zero-order valence-corrected chi connectivity index (χ0v) is 17.0. The quantitative estimate of drug-likeness (QED) is 0.617. The molecule has 0 N–H and O–H groups in total. The number of carbonyl (C=O) groups excluding carboxylic acids is 1. The van der Waals surface area contributed by atoms with Gasteiger partial charge in [-0.05, 0) is 41.0 Å². The number of benzene rings is 2. The van der Waals surface area contributed by atoms with Crippen molar-refractivity contribution < 1.29 is 17.9 Å². The van der Waals surface area contributed by atoms with Gasteiger partial charge >= 0.3 is 5.97 Å². The molecule has 0 amide bonds. The maximum absolute atomic E-state index is 13.3. The maximum Gasteiger partial charge on any atom is 0.337 e. The number of rotatable bonds is 4. The summed E-state index contributed by atoms with van der Waals surface area (Å²) >= 11 is 0. The van der Waals surface area contributed by atoms with Gasteiger partial charge in [-0.3, -0.25) is 4.68 Å². The summed E-state index contributed by atoms with van der Waals surface area (Å²) in [5, 5.41) is 4.25. The van der Waals surface area contributed by atoms with Crippen LogP contribution < -0.4 is 0 Å². The first kappa shape index (κ1) is 19.4. The van der Waals surface area contributed by atoms with Gasteiger partial charge in [0.25, 0.3) is 0 Å². The second-order valence-corrected chi connectivity index (χ2v) is 8.95. The largest absolute Gasteiger partial charge is 0.465 e. The molecule has 0 aliphatic carbocycles. The van der Waals surface area contributed by atoms with Crippen molar-refractivity contribution in [2.24, 2.45) is 7.05 Å². The molecule has 2 heterocycles. The molecule has 1 atom stereocenters. The Morgan fingerprint density at radius 2 is 1.86 bits per heavy atom. The standard InChI is InChI=1S/C21H21N3O4S/c1-23-12-17(11-22-23)20-14-24(13-16-5-3-4-6-19(16)20)29(26,27)18-9-7-15(8-10-18)21(25)28-2/h3-12,20H,13-14H2,1-2H3. The van der Waals surface area contributed by atoms with Crippen molar-refractivity contribution in [3.05, 3.63) is 83.2 Å². The average Bonchev–Trinajstić information content (AvgIpc) is 3.18. The summed E-state index contributed by atoms with van der Waals surface area (Å²) in [5.74, 6) is -0.602. The molecule has 0 saturated carbocycles. The lowest BCUT2D eigenvalue weighted by Gasteiger charge is -2.33. The van der Waals surface area contributed by atoms with E-state index in [-0.39, 0.29) is 10.8 Å². The summed E-state index contributed by atoms with van der Waals surface area (Å²) in [6.07, 6.45) is 3.70. The topological polar surface area (TPSA) is 81.5 Å².